The number of rotatable bonds is 0. The molecule has 0 aromatic heterocycles. The van der Waals surface area contributed by atoms with Crippen molar-refractivity contribution in [1.29, 1.82) is 0 Å². The van der Waals surface area contributed by atoms with Crippen molar-refractivity contribution in [3.8, 4) is 0 Å². The molecule has 0 unspecified atom stereocenters. The Hall–Kier alpha value is -0.480. The third-order valence-electron chi connectivity index (χ3n) is 1.86. The maximum absolute atomic E-state index is 10.4. The highest BCUT2D eigenvalue weighted by molar-refractivity contribution is 6.21. The molecule has 1 aliphatic heterocycles. The van der Waals surface area contributed by atoms with E-state index >= 15 is 0 Å². The van der Waals surface area contributed by atoms with Gasteiger partial charge in [-0.25, -0.2) is 4.79 Å². The minimum absolute atomic E-state index is 0.0627. The van der Waals surface area contributed by atoms with Crippen LogP contribution in [-0.2, 0) is 0 Å². The highest BCUT2D eigenvalue weighted by Crippen LogP contribution is 2.13. The molecule has 11 heavy (non-hydrogen) atoms. The highest BCUT2D eigenvalue weighted by atomic mass is 35.5. The predicted octanol–water partition coefficient (Wildman–Crippen LogP) is 0.305. The number of amides is 1. The van der Waals surface area contributed by atoms with Crippen molar-refractivity contribution in [2.75, 3.05) is 13.1 Å². The topological polar surface area (TPSA) is 66.6 Å². The number of halogens is 1. The fraction of sp³-hybridized carbons (Fsp3) is 0.833. The molecule has 1 saturated heterocycles. The maximum atomic E-state index is 10.4. The number of nitrogens with zero attached hydrogens (tertiary/aromatic N) is 1. The molecule has 1 amide bonds. The van der Waals surface area contributed by atoms with Crippen molar-refractivity contribution in [3.63, 3.8) is 0 Å². The van der Waals surface area contributed by atoms with E-state index in [0.29, 0.717) is 19.5 Å². The van der Waals surface area contributed by atoms with E-state index in [2.05, 4.69) is 0 Å². The van der Waals surface area contributed by atoms with E-state index in [1.165, 1.54) is 4.90 Å². The number of nitrogens with two attached hydrogens (primary N) is 1. The van der Waals surface area contributed by atoms with Gasteiger partial charge < -0.3 is 15.7 Å². The van der Waals surface area contributed by atoms with Crippen LogP contribution >= 0.6 is 11.6 Å². The fourth-order valence-electron chi connectivity index (χ4n) is 1.10. The summed E-state index contributed by atoms with van der Waals surface area (Å²) in [5.41, 5.74) is 5.59. The lowest BCUT2D eigenvalue weighted by Crippen LogP contribution is -2.49. The molecule has 1 rings (SSSR count). The van der Waals surface area contributed by atoms with E-state index in [1.807, 2.05) is 0 Å². The molecule has 0 bridgehead atoms. The molecule has 2 atom stereocenters. The van der Waals surface area contributed by atoms with E-state index < -0.39 is 6.09 Å². The number of carboxylic acid groups (broad SMARTS) is 1. The first-order valence-electron chi connectivity index (χ1n) is 3.49. The van der Waals surface area contributed by atoms with Crippen molar-refractivity contribution < 1.29 is 9.90 Å². The second-order valence-electron chi connectivity index (χ2n) is 2.70. The molecular formula is C6H11ClN2O2. The monoisotopic (exact) mass is 178 g/mol. The lowest BCUT2D eigenvalue weighted by molar-refractivity contribution is 0.133. The van der Waals surface area contributed by atoms with Crippen LogP contribution in [0.3, 0.4) is 0 Å². The molecule has 0 radical (unpaired) electrons. The summed E-state index contributed by atoms with van der Waals surface area (Å²) in [6, 6.07) is -0.0627. The molecule has 0 aliphatic carbocycles. The van der Waals surface area contributed by atoms with E-state index in [4.69, 9.17) is 22.4 Å². The summed E-state index contributed by atoms with van der Waals surface area (Å²) in [7, 11) is 0. The Kier molecular flexibility index (Phi) is 2.57. The van der Waals surface area contributed by atoms with Gasteiger partial charge in [0.2, 0.25) is 0 Å². The fourth-order valence-corrected chi connectivity index (χ4v) is 1.39. The highest BCUT2D eigenvalue weighted by Gasteiger charge is 2.27. The first-order valence-corrected chi connectivity index (χ1v) is 3.92. The lowest BCUT2D eigenvalue weighted by atomic mass is 10.1. The van der Waals surface area contributed by atoms with Gasteiger partial charge in [-0.15, -0.1) is 11.6 Å². The minimum atomic E-state index is -0.914. The van der Waals surface area contributed by atoms with Crippen LogP contribution in [0.25, 0.3) is 0 Å². The third-order valence-corrected chi connectivity index (χ3v) is 2.32. The first-order chi connectivity index (χ1) is 5.11. The summed E-state index contributed by atoms with van der Waals surface area (Å²) >= 11 is 5.78. The molecular weight excluding hydrogens is 168 g/mol. The normalized spacial score (nSPS) is 32.0. The maximum Gasteiger partial charge on any atom is 0.407 e. The minimum Gasteiger partial charge on any atom is -0.465 e. The van der Waals surface area contributed by atoms with Gasteiger partial charge in [0.05, 0.1) is 5.38 Å². The Morgan fingerprint density at radius 2 is 2.36 bits per heavy atom. The van der Waals surface area contributed by atoms with Gasteiger partial charge >= 0.3 is 6.09 Å². The molecule has 64 valence electrons. The zero-order chi connectivity index (χ0) is 8.43. The van der Waals surface area contributed by atoms with Crippen LogP contribution < -0.4 is 5.73 Å². The molecule has 0 saturated carbocycles. The standard InChI is InChI=1S/C6H11ClN2O2/c7-4-3-9(6(10)11)2-1-5(4)8/h4-5H,1-3,8H2,(H,10,11)/t4-,5+/m0/s1. The second-order valence-corrected chi connectivity index (χ2v) is 3.26. The van der Waals surface area contributed by atoms with Gasteiger partial charge in [0.1, 0.15) is 0 Å². The van der Waals surface area contributed by atoms with Crippen LogP contribution in [-0.4, -0.2) is 40.6 Å². The van der Waals surface area contributed by atoms with Crippen molar-refractivity contribution in [3.05, 3.63) is 0 Å². The first kappa shape index (κ1) is 8.62. The van der Waals surface area contributed by atoms with Crippen LogP contribution in [0.4, 0.5) is 4.79 Å². The average molecular weight is 179 g/mol. The van der Waals surface area contributed by atoms with Crippen LogP contribution in [0.2, 0.25) is 0 Å². The summed E-state index contributed by atoms with van der Waals surface area (Å²) < 4.78 is 0. The number of hydrogen-bond donors (Lipinski definition) is 2. The van der Waals surface area contributed by atoms with Gasteiger partial charge in [0.15, 0.2) is 0 Å². The Morgan fingerprint density at radius 1 is 1.73 bits per heavy atom. The molecule has 1 fully saturated rings. The quantitative estimate of drug-likeness (QED) is 0.525. The lowest BCUT2D eigenvalue weighted by Gasteiger charge is -2.31. The van der Waals surface area contributed by atoms with Crippen molar-refractivity contribution in [2.24, 2.45) is 5.73 Å². The predicted molar refractivity (Wildman–Crippen MR) is 41.8 cm³/mol. The second kappa shape index (κ2) is 3.28. The zero-order valence-electron chi connectivity index (χ0n) is 6.03. The number of hydrogen-bond acceptors (Lipinski definition) is 2. The number of alkyl halides is 1. The summed E-state index contributed by atoms with van der Waals surface area (Å²) in [6.07, 6.45) is -0.261. The average Bonchev–Trinajstić information content (AvgIpc) is 1.94. The van der Waals surface area contributed by atoms with E-state index in [9.17, 15) is 4.79 Å². The largest absolute Gasteiger partial charge is 0.465 e. The molecule has 1 aliphatic rings. The van der Waals surface area contributed by atoms with Crippen molar-refractivity contribution in [1.82, 2.24) is 4.90 Å². The van der Waals surface area contributed by atoms with E-state index in [0.717, 1.165) is 0 Å². The van der Waals surface area contributed by atoms with Gasteiger partial charge in [-0.2, -0.15) is 0 Å². The van der Waals surface area contributed by atoms with Gasteiger partial charge in [-0.1, -0.05) is 0 Å². The zero-order valence-corrected chi connectivity index (χ0v) is 6.79. The van der Waals surface area contributed by atoms with Crippen LogP contribution in [0.5, 0.6) is 0 Å². The van der Waals surface area contributed by atoms with Gasteiger partial charge in [-0.3, -0.25) is 0 Å². The molecule has 4 nitrogen and oxygen atoms in total. The number of carbonyl (C=O) groups is 1. The van der Waals surface area contributed by atoms with Crippen molar-refractivity contribution in [2.45, 2.75) is 17.8 Å². The Labute approximate surface area is 69.9 Å². The summed E-state index contributed by atoms with van der Waals surface area (Å²) in [5, 5.41) is 8.33. The van der Waals surface area contributed by atoms with Gasteiger partial charge in [-0.05, 0) is 6.42 Å². The van der Waals surface area contributed by atoms with Gasteiger partial charge in [0.25, 0.3) is 0 Å². The number of likely N-dealkylation sites (tertiary alicyclic amines) is 1. The molecule has 0 aromatic rings. The molecule has 5 heteroatoms. The Balaban J connectivity index is 2.46. The molecule has 0 aromatic carbocycles. The summed E-state index contributed by atoms with van der Waals surface area (Å²) in [6.45, 7) is 0.845. The van der Waals surface area contributed by atoms with Crippen LogP contribution in [0.15, 0.2) is 0 Å². The molecule has 1 heterocycles. The van der Waals surface area contributed by atoms with Crippen molar-refractivity contribution >= 4 is 17.7 Å². The Morgan fingerprint density at radius 3 is 2.82 bits per heavy atom. The number of piperidine rings is 1. The van der Waals surface area contributed by atoms with E-state index in [-0.39, 0.29) is 11.4 Å². The van der Waals surface area contributed by atoms with E-state index in [1.54, 1.807) is 0 Å². The van der Waals surface area contributed by atoms with Crippen LogP contribution in [0.1, 0.15) is 6.42 Å². The van der Waals surface area contributed by atoms with Gasteiger partial charge in [0, 0.05) is 19.1 Å². The summed E-state index contributed by atoms with van der Waals surface area (Å²) in [5.74, 6) is 0. The third kappa shape index (κ3) is 1.97. The summed E-state index contributed by atoms with van der Waals surface area (Å²) in [4.78, 5) is 11.7. The molecule has 0 spiro atoms. The smallest absolute Gasteiger partial charge is 0.407 e. The van der Waals surface area contributed by atoms with Crippen LogP contribution in [0, 0.1) is 0 Å². The Bertz CT molecular complexity index is 165. The molecule has 3 N–H and O–H groups in total. The SMILES string of the molecule is N[C@@H]1CCN(C(=O)O)C[C@@H]1Cl.